The van der Waals surface area contributed by atoms with Crippen molar-refractivity contribution < 1.29 is 9.90 Å². The Hall–Kier alpha value is -1.35. The van der Waals surface area contributed by atoms with Gasteiger partial charge in [0.1, 0.15) is 0 Å². The van der Waals surface area contributed by atoms with Crippen molar-refractivity contribution in [3.63, 3.8) is 0 Å². The number of aryl methyl sites for hydroxylation is 1. The third kappa shape index (κ3) is 1.95. The first-order chi connectivity index (χ1) is 7.59. The molecule has 1 saturated heterocycles. The second-order valence-corrected chi connectivity index (χ2v) is 4.59. The molecule has 0 aliphatic carbocycles. The predicted octanol–water partition coefficient (Wildman–Crippen LogP) is 2.11. The van der Waals surface area contributed by atoms with Gasteiger partial charge in [-0.2, -0.15) is 0 Å². The lowest BCUT2D eigenvalue weighted by Gasteiger charge is -2.16. The van der Waals surface area contributed by atoms with Crippen LogP contribution in [0.25, 0.3) is 0 Å². The second kappa shape index (κ2) is 4.26. The molecule has 1 atom stereocenters. The van der Waals surface area contributed by atoms with Crippen molar-refractivity contribution in [2.24, 2.45) is 0 Å². The Balaban J connectivity index is 2.42. The van der Waals surface area contributed by atoms with E-state index in [1.54, 1.807) is 6.07 Å². The van der Waals surface area contributed by atoms with E-state index in [2.05, 4.69) is 11.9 Å². The van der Waals surface area contributed by atoms with Crippen molar-refractivity contribution in [2.45, 2.75) is 19.3 Å². The van der Waals surface area contributed by atoms with Gasteiger partial charge in [-0.3, -0.25) is 0 Å². The first kappa shape index (κ1) is 11.1. The molecule has 1 aliphatic heterocycles. The molecule has 1 aromatic rings. The van der Waals surface area contributed by atoms with Crippen LogP contribution in [0, 0.1) is 6.92 Å². The maximum atomic E-state index is 11.2. The fraction of sp³-hybridized carbons (Fsp3) is 0.462. The van der Waals surface area contributed by atoms with E-state index in [0.717, 1.165) is 30.6 Å². The largest absolute Gasteiger partial charge is 0.478 e. The van der Waals surface area contributed by atoms with Gasteiger partial charge in [-0.1, -0.05) is 12.1 Å². The standard InChI is InChI=1S/C13H17NO2/c1-9-4-3-5-11(13(15)16)12(9)10-6-7-14(2)8-10/h3-5,10H,6-8H2,1-2H3,(H,15,16). The zero-order valence-electron chi connectivity index (χ0n) is 9.73. The number of benzene rings is 1. The number of hydrogen-bond donors (Lipinski definition) is 1. The molecule has 0 aromatic heterocycles. The third-order valence-electron chi connectivity index (χ3n) is 3.35. The zero-order chi connectivity index (χ0) is 11.7. The maximum Gasteiger partial charge on any atom is 0.335 e. The lowest BCUT2D eigenvalue weighted by Crippen LogP contribution is -2.15. The summed E-state index contributed by atoms with van der Waals surface area (Å²) in [7, 11) is 2.08. The number of likely N-dealkylation sites (N-methyl/N-ethyl adjacent to an activating group) is 1. The van der Waals surface area contributed by atoms with E-state index < -0.39 is 5.97 Å². The Morgan fingerprint density at radius 2 is 2.25 bits per heavy atom. The van der Waals surface area contributed by atoms with Crippen LogP contribution in [0.3, 0.4) is 0 Å². The Labute approximate surface area is 95.7 Å². The summed E-state index contributed by atoms with van der Waals surface area (Å²) in [6, 6.07) is 5.53. The highest BCUT2D eigenvalue weighted by molar-refractivity contribution is 5.90. The fourth-order valence-corrected chi connectivity index (χ4v) is 2.58. The summed E-state index contributed by atoms with van der Waals surface area (Å²) >= 11 is 0. The van der Waals surface area contributed by atoms with Gasteiger partial charge >= 0.3 is 5.97 Å². The Morgan fingerprint density at radius 3 is 2.81 bits per heavy atom. The van der Waals surface area contributed by atoms with E-state index in [-0.39, 0.29) is 0 Å². The molecule has 1 heterocycles. The second-order valence-electron chi connectivity index (χ2n) is 4.59. The number of rotatable bonds is 2. The van der Waals surface area contributed by atoms with Crippen molar-refractivity contribution in [3.8, 4) is 0 Å². The van der Waals surface area contributed by atoms with E-state index in [4.69, 9.17) is 0 Å². The normalized spacial score (nSPS) is 21.2. The molecule has 16 heavy (non-hydrogen) atoms. The van der Waals surface area contributed by atoms with Crippen molar-refractivity contribution in [1.82, 2.24) is 4.90 Å². The SMILES string of the molecule is Cc1cccc(C(=O)O)c1C1CCN(C)C1. The fourth-order valence-electron chi connectivity index (χ4n) is 2.58. The van der Waals surface area contributed by atoms with Crippen molar-refractivity contribution >= 4 is 5.97 Å². The smallest absolute Gasteiger partial charge is 0.335 e. The molecule has 86 valence electrons. The number of carboxylic acid groups (broad SMARTS) is 1. The zero-order valence-corrected chi connectivity index (χ0v) is 9.73. The molecule has 0 amide bonds. The van der Waals surface area contributed by atoms with Crippen molar-refractivity contribution in [1.29, 1.82) is 0 Å². The molecule has 0 saturated carbocycles. The van der Waals surface area contributed by atoms with Crippen molar-refractivity contribution in [2.75, 3.05) is 20.1 Å². The quantitative estimate of drug-likeness (QED) is 0.828. The van der Waals surface area contributed by atoms with Gasteiger partial charge in [-0.25, -0.2) is 4.79 Å². The van der Waals surface area contributed by atoms with Crippen LogP contribution in [0.5, 0.6) is 0 Å². The molecule has 0 spiro atoms. The van der Waals surface area contributed by atoms with Gasteiger partial charge in [0, 0.05) is 6.54 Å². The Morgan fingerprint density at radius 1 is 1.50 bits per heavy atom. The first-order valence-corrected chi connectivity index (χ1v) is 5.61. The van der Waals surface area contributed by atoms with Crippen LogP contribution in [0.15, 0.2) is 18.2 Å². The molecule has 1 aliphatic rings. The molecule has 3 nitrogen and oxygen atoms in total. The summed E-state index contributed by atoms with van der Waals surface area (Å²) in [5.41, 5.74) is 2.60. The van der Waals surface area contributed by atoms with E-state index in [1.165, 1.54) is 0 Å². The van der Waals surface area contributed by atoms with Gasteiger partial charge in [0.05, 0.1) is 5.56 Å². The molecular formula is C13H17NO2. The van der Waals surface area contributed by atoms with Crippen LogP contribution in [-0.2, 0) is 0 Å². The molecule has 2 rings (SSSR count). The maximum absolute atomic E-state index is 11.2. The van der Waals surface area contributed by atoms with Gasteiger partial charge in [-0.15, -0.1) is 0 Å². The first-order valence-electron chi connectivity index (χ1n) is 5.61. The van der Waals surface area contributed by atoms with Crippen LogP contribution in [-0.4, -0.2) is 36.1 Å². The molecule has 1 fully saturated rings. The minimum Gasteiger partial charge on any atom is -0.478 e. The number of likely N-dealkylation sites (tertiary alicyclic amines) is 1. The number of carboxylic acids is 1. The van der Waals surface area contributed by atoms with Gasteiger partial charge in [-0.05, 0) is 50.0 Å². The van der Waals surface area contributed by atoms with Gasteiger partial charge in [0.2, 0.25) is 0 Å². The predicted molar refractivity (Wildman–Crippen MR) is 63.0 cm³/mol. The van der Waals surface area contributed by atoms with Crippen LogP contribution >= 0.6 is 0 Å². The van der Waals surface area contributed by atoms with E-state index in [9.17, 15) is 9.90 Å². The van der Waals surface area contributed by atoms with Crippen molar-refractivity contribution in [3.05, 3.63) is 34.9 Å². The summed E-state index contributed by atoms with van der Waals surface area (Å²) in [5, 5.41) is 9.20. The molecule has 0 radical (unpaired) electrons. The van der Waals surface area contributed by atoms with Crippen LogP contribution in [0.2, 0.25) is 0 Å². The van der Waals surface area contributed by atoms with E-state index >= 15 is 0 Å². The van der Waals surface area contributed by atoms with Gasteiger partial charge in [0.15, 0.2) is 0 Å². The topological polar surface area (TPSA) is 40.5 Å². The lowest BCUT2D eigenvalue weighted by atomic mass is 9.89. The monoisotopic (exact) mass is 219 g/mol. The number of nitrogens with zero attached hydrogens (tertiary/aromatic N) is 1. The summed E-state index contributed by atoms with van der Waals surface area (Å²) in [6.45, 7) is 4.02. The molecule has 1 aromatic carbocycles. The summed E-state index contributed by atoms with van der Waals surface area (Å²) in [5.74, 6) is -0.439. The Bertz CT molecular complexity index is 414. The minimum atomic E-state index is -0.812. The van der Waals surface area contributed by atoms with Crippen LogP contribution in [0.1, 0.15) is 33.8 Å². The van der Waals surface area contributed by atoms with Gasteiger partial charge in [0.25, 0.3) is 0 Å². The molecule has 0 bridgehead atoms. The molecule has 1 unspecified atom stereocenters. The summed E-state index contributed by atoms with van der Waals surface area (Å²) < 4.78 is 0. The summed E-state index contributed by atoms with van der Waals surface area (Å²) in [6.07, 6.45) is 1.06. The highest BCUT2D eigenvalue weighted by Crippen LogP contribution is 2.31. The van der Waals surface area contributed by atoms with E-state index in [0.29, 0.717) is 11.5 Å². The average Bonchev–Trinajstić information content (AvgIpc) is 2.64. The molecular weight excluding hydrogens is 202 g/mol. The highest BCUT2D eigenvalue weighted by Gasteiger charge is 2.26. The molecule has 3 heteroatoms. The number of aromatic carboxylic acids is 1. The minimum absolute atomic E-state index is 0.372. The van der Waals surface area contributed by atoms with Crippen LogP contribution in [0.4, 0.5) is 0 Å². The lowest BCUT2D eigenvalue weighted by molar-refractivity contribution is 0.0695. The average molecular weight is 219 g/mol. The van der Waals surface area contributed by atoms with Gasteiger partial charge < -0.3 is 10.0 Å². The number of hydrogen-bond acceptors (Lipinski definition) is 2. The van der Waals surface area contributed by atoms with Crippen LogP contribution < -0.4 is 0 Å². The molecule has 1 N–H and O–H groups in total. The van der Waals surface area contributed by atoms with E-state index in [1.807, 2.05) is 19.1 Å². The number of carbonyl (C=O) groups is 1. The third-order valence-corrected chi connectivity index (χ3v) is 3.35. The Kier molecular flexibility index (Phi) is 2.97. The highest BCUT2D eigenvalue weighted by atomic mass is 16.4. The summed E-state index contributed by atoms with van der Waals surface area (Å²) in [4.78, 5) is 13.5.